The lowest BCUT2D eigenvalue weighted by atomic mass is 9.86. The highest BCUT2D eigenvalue weighted by molar-refractivity contribution is 9.08. The molecule has 1 aromatic heterocycles. The first-order valence-corrected chi connectivity index (χ1v) is 7.60. The minimum absolute atomic E-state index is 0.0150. The zero-order valence-corrected chi connectivity index (χ0v) is 11.7. The standard InChI is InChI=1S/C12H16BrF2N3/c13-7-10-16-17-11(18(10)9-1-2-9)8-3-5-12(14,15)6-4-8/h8-9H,1-7H2. The molecule has 2 fully saturated rings. The molecule has 0 bridgehead atoms. The first-order valence-electron chi connectivity index (χ1n) is 6.48. The van der Waals surface area contributed by atoms with Gasteiger partial charge < -0.3 is 4.57 Å². The first kappa shape index (κ1) is 12.5. The molecule has 0 amide bonds. The molecule has 6 heteroatoms. The van der Waals surface area contributed by atoms with Crippen LogP contribution in [-0.4, -0.2) is 20.7 Å². The topological polar surface area (TPSA) is 30.7 Å². The Morgan fingerprint density at radius 3 is 2.39 bits per heavy atom. The maximum absolute atomic E-state index is 13.2. The van der Waals surface area contributed by atoms with Crippen LogP contribution in [0.15, 0.2) is 0 Å². The lowest BCUT2D eigenvalue weighted by Crippen LogP contribution is -2.25. The van der Waals surface area contributed by atoms with E-state index >= 15 is 0 Å². The Bertz CT molecular complexity index is 433. The SMILES string of the molecule is FC1(F)CCC(c2nnc(CBr)n2C2CC2)CC1. The fraction of sp³-hybridized carbons (Fsp3) is 0.833. The maximum atomic E-state index is 13.2. The number of nitrogens with zero attached hydrogens (tertiary/aromatic N) is 3. The van der Waals surface area contributed by atoms with Crippen LogP contribution in [0, 0.1) is 0 Å². The Kier molecular flexibility index (Phi) is 3.16. The van der Waals surface area contributed by atoms with Gasteiger partial charge in [-0.3, -0.25) is 0 Å². The minimum atomic E-state index is -2.47. The van der Waals surface area contributed by atoms with E-state index in [1.165, 1.54) is 0 Å². The van der Waals surface area contributed by atoms with Crippen molar-refractivity contribution < 1.29 is 8.78 Å². The summed E-state index contributed by atoms with van der Waals surface area (Å²) in [6, 6.07) is 0.505. The van der Waals surface area contributed by atoms with Gasteiger partial charge in [0, 0.05) is 24.8 Å². The van der Waals surface area contributed by atoms with Crippen LogP contribution in [0.2, 0.25) is 0 Å². The predicted molar refractivity (Wildman–Crippen MR) is 67.1 cm³/mol. The molecule has 0 unspecified atom stereocenters. The molecule has 0 saturated heterocycles. The van der Waals surface area contributed by atoms with E-state index in [9.17, 15) is 8.78 Å². The first-order chi connectivity index (χ1) is 8.61. The monoisotopic (exact) mass is 319 g/mol. The second kappa shape index (κ2) is 4.54. The highest BCUT2D eigenvalue weighted by atomic mass is 79.9. The molecule has 100 valence electrons. The van der Waals surface area contributed by atoms with E-state index in [1.807, 2.05) is 0 Å². The molecule has 2 aliphatic carbocycles. The van der Waals surface area contributed by atoms with Crippen LogP contribution in [0.4, 0.5) is 8.78 Å². The molecule has 0 aliphatic heterocycles. The molecule has 0 N–H and O–H groups in total. The summed E-state index contributed by atoms with van der Waals surface area (Å²) in [5.74, 6) is -0.447. The van der Waals surface area contributed by atoms with E-state index in [1.54, 1.807) is 0 Å². The molecule has 1 heterocycles. The van der Waals surface area contributed by atoms with Crippen molar-refractivity contribution in [1.29, 1.82) is 0 Å². The Morgan fingerprint density at radius 2 is 1.83 bits per heavy atom. The van der Waals surface area contributed by atoms with Crippen LogP contribution >= 0.6 is 15.9 Å². The van der Waals surface area contributed by atoms with Gasteiger partial charge in [-0.15, -0.1) is 10.2 Å². The average molecular weight is 320 g/mol. The predicted octanol–water partition coefficient (Wildman–Crippen LogP) is 3.80. The van der Waals surface area contributed by atoms with E-state index in [4.69, 9.17) is 0 Å². The Balaban J connectivity index is 1.82. The van der Waals surface area contributed by atoms with E-state index < -0.39 is 5.92 Å². The van der Waals surface area contributed by atoms with Gasteiger partial charge in [-0.25, -0.2) is 8.78 Å². The van der Waals surface area contributed by atoms with Gasteiger partial charge in [0.15, 0.2) is 0 Å². The largest absolute Gasteiger partial charge is 0.311 e. The third kappa shape index (κ3) is 2.31. The molecule has 2 aliphatic rings. The molecule has 0 radical (unpaired) electrons. The number of halogens is 3. The van der Waals surface area contributed by atoms with Crippen molar-refractivity contribution in [2.24, 2.45) is 0 Å². The zero-order chi connectivity index (χ0) is 12.8. The van der Waals surface area contributed by atoms with Crippen LogP contribution in [-0.2, 0) is 5.33 Å². The van der Waals surface area contributed by atoms with E-state index in [0.717, 1.165) is 24.5 Å². The van der Waals surface area contributed by atoms with Gasteiger partial charge in [0.05, 0.1) is 5.33 Å². The van der Waals surface area contributed by atoms with Crippen molar-refractivity contribution in [1.82, 2.24) is 14.8 Å². The van der Waals surface area contributed by atoms with Crippen molar-refractivity contribution >= 4 is 15.9 Å². The van der Waals surface area contributed by atoms with Crippen molar-refractivity contribution in [3.8, 4) is 0 Å². The lowest BCUT2D eigenvalue weighted by Gasteiger charge is -2.28. The number of hydrogen-bond donors (Lipinski definition) is 0. The van der Waals surface area contributed by atoms with Crippen LogP contribution in [0.5, 0.6) is 0 Å². The molecule has 3 nitrogen and oxygen atoms in total. The van der Waals surface area contributed by atoms with Crippen molar-refractivity contribution in [2.45, 2.75) is 61.7 Å². The second-order valence-electron chi connectivity index (χ2n) is 5.34. The van der Waals surface area contributed by atoms with Crippen LogP contribution in [0.25, 0.3) is 0 Å². The van der Waals surface area contributed by atoms with Gasteiger partial charge in [-0.2, -0.15) is 0 Å². The van der Waals surface area contributed by atoms with Gasteiger partial charge >= 0.3 is 0 Å². The maximum Gasteiger partial charge on any atom is 0.248 e. The third-order valence-corrected chi connectivity index (χ3v) is 4.41. The summed E-state index contributed by atoms with van der Waals surface area (Å²) < 4.78 is 28.6. The third-order valence-electron chi connectivity index (χ3n) is 3.91. The molecule has 18 heavy (non-hydrogen) atoms. The molecule has 0 atom stereocenters. The molecule has 3 rings (SSSR count). The van der Waals surface area contributed by atoms with E-state index in [0.29, 0.717) is 24.2 Å². The summed E-state index contributed by atoms with van der Waals surface area (Å²) >= 11 is 3.42. The van der Waals surface area contributed by atoms with Gasteiger partial charge in [0.2, 0.25) is 5.92 Å². The summed E-state index contributed by atoms with van der Waals surface area (Å²) in [6.07, 6.45) is 3.35. The van der Waals surface area contributed by atoms with Crippen molar-refractivity contribution in [2.75, 3.05) is 0 Å². The van der Waals surface area contributed by atoms with E-state index in [-0.39, 0.29) is 18.8 Å². The van der Waals surface area contributed by atoms with Crippen molar-refractivity contribution in [3.63, 3.8) is 0 Å². The summed E-state index contributed by atoms with van der Waals surface area (Å²) in [6.45, 7) is 0. The highest BCUT2D eigenvalue weighted by Gasteiger charge is 2.39. The van der Waals surface area contributed by atoms with Gasteiger partial charge in [0.1, 0.15) is 11.6 Å². The zero-order valence-electron chi connectivity index (χ0n) is 10.1. The fourth-order valence-corrected chi connectivity index (χ4v) is 3.12. The minimum Gasteiger partial charge on any atom is -0.311 e. The molecule has 0 spiro atoms. The highest BCUT2D eigenvalue weighted by Crippen LogP contribution is 2.44. The van der Waals surface area contributed by atoms with Crippen molar-refractivity contribution in [3.05, 3.63) is 11.6 Å². The number of aromatic nitrogens is 3. The van der Waals surface area contributed by atoms with Gasteiger partial charge in [-0.05, 0) is 25.7 Å². The number of alkyl halides is 3. The summed E-state index contributed by atoms with van der Waals surface area (Å²) in [4.78, 5) is 0. The molecule has 0 aromatic carbocycles. The Morgan fingerprint density at radius 1 is 1.17 bits per heavy atom. The second-order valence-corrected chi connectivity index (χ2v) is 5.90. The molecule has 1 aromatic rings. The summed E-state index contributed by atoms with van der Waals surface area (Å²) in [5, 5.41) is 9.12. The van der Waals surface area contributed by atoms with Crippen LogP contribution in [0.1, 0.15) is 62.1 Å². The number of hydrogen-bond acceptors (Lipinski definition) is 2. The van der Waals surface area contributed by atoms with Gasteiger partial charge in [0.25, 0.3) is 0 Å². The van der Waals surface area contributed by atoms with E-state index in [2.05, 4.69) is 30.7 Å². The average Bonchev–Trinajstić information content (AvgIpc) is 3.09. The molecular formula is C12H16BrF2N3. The number of rotatable bonds is 3. The summed E-state index contributed by atoms with van der Waals surface area (Å²) in [7, 11) is 0. The lowest BCUT2D eigenvalue weighted by molar-refractivity contribution is -0.0390. The van der Waals surface area contributed by atoms with Crippen LogP contribution in [0.3, 0.4) is 0 Å². The van der Waals surface area contributed by atoms with Crippen LogP contribution < -0.4 is 0 Å². The quantitative estimate of drug-likeness (QED) is 0.793. The summed E-state index contributed by atoms with van der Waals surface area (Å²) in [5.41, 5.74) is 0. The Labute approximate surface area is 113 Å². The smallest absolute Gasteiger partial charge is 0.248 e. The molecular weight excluding hydrogens is 304 g/mol. The Hall–Kier alpha value is -0.520. The normalized spacial score (nSPS) is 24.4. The van der Waals surface area contributed by atoms with Gasteiger partial charge in [-0.1, -0.05) is 15.9 Å². The fourth-order valence-electron chi connectivity index (χ4n) is 2.74. The molecule has 2 saturated carbocycles.